The summed E-state index contributed by atoms with van der Waals surface area (Å²) in [5.74, 6) is -0.548. The van der Waals surface area contributed by atoms with Crippen molar-refractivity contribution in [2.24, 2.45) is 5.16 Å². The highest BCUT2D eigenvalue weighted by Gasteiger charge is 2.21. The molecule has 3 aromatic rings. The molecule has 2 N–H and O–H groups in total. The smallest absolute Gasteiger partial charge is 0.165 e. The van der Waals surface area contributed by atoms with Gasteiger partial charge in [-0.25, -0.2) is 4.39 Å². The van der Waals surface area contributed by atoms with Crippen LogP contribution in [0.25, 0.3) is 16.9 Å². The highest BCUT2D eigenvalue weighted by molar-refractivity contribution is 5.84. The molecule has 0 spiro atoms. The van der Waals surface area contributed by atoms with E-state index in [0.717, 1.165) is 5.56 Å². The Morgan fingerprint density at radius 1 is 1.25 bits per heavy atom. The summed E-state index contributed by atoms with van der Waals surface area (Å²) < 4.78 is 20.8. The standard InChI is InChI=1S/C17H16FN3O3/c1-9-6-14(12-4-5-16(22)13(18)7-12)21(15(9)8-19-23)17-10(2)20-24-11(17)3/h4-8,22-23H,1-3H3. The molecule has 0 unspecified atom stereocenters. The van der Waals surface area contributed by atoms with Crippen LogP contribution in [0.4, 0.5) is 4.39 Å². The molecule has 0 amide bonds. The normalized spacial score (nSPS) is 11.5. The maximum atomic E-state index is 13.8. The second kappa shape index (κ2) is 5.84. The number of aromatic hydroxyl groups is 1. The fourth-order valence-electron chi connectivity index (χ4n) is 2.78. The van der Waals surface area contributed by atoms with Crippen molar-refractivity contribution in [1.29, 1.82) is 0 Å². The van der Waals surface area contributed by atoms with E-state index in [4.69, 9.17) is 9.73 Å². The molecule has 0 radical (unpaired) electrons. The van der Waals surface area contributed by atoms with Crippen LogP contribution in [0.1, 0.15) is 22.7 Å². The van der Waals surface area contributed by atoms with Gasteiger partial charge in [-0.1, -0.05) is 10.3 Å². The van der Waals surface area contributed by atoms with Gasteiger partial charge in [0.2, 0.25) is 0 Å². The van der Waals surface area contributed by atoms with Gasteiger partial charge in [-0.3, -0.25) is 0 Å². The van der Waals surface area contributed by atoms with E-state index in [9.17, 15) is 9.50 Å². The van der Waals surface area contributed by atoms with Crippen LogP contribution in [-0.4, -0.2) is 26.3 Å². The van der Waals surface area contributed by atoms with Gasteiger partial charge >= 0.3 is 0 Å². The summed E-state index contributed by atoms with van der Waals surface area (Å²) in [5, 5.41) is 25.5. The van der Waals surface area contributed by atoms with E-state index < -0.39 is 11.6 Å². The lowest BCUT2D eigenvalue weighted by atomic mass is 10.1. The van der Waals surface area contributed by atoms with Crippen LogP contribution in [0.2, 0.25) is 0 Å². The fraction of sp³-hybridized carbons (Fsp3) is 0.176. The van der Waals surface area contributed by atoms with Gasteiger partial charge < -0.3 is 19.4 Å². The van der Waals surface area contributed by atoms with Crippen LogP contribution in [0.3, 0.4) is 0 Å². The van der Waals surface area contributed by atoms with Crippen LogP contribution in [0.15, 0.2) is 33.9 Å². The van der Waals surface area contributed by atoms with E-state index in [-0.39, 0.29) is 0 Å². The molecule has 0 saturated carbocycles. The molecule has 6 nitrogen and oxygen atoms in total. The zero-order valence-electron chi connectivity index (χ0n) is 13.4. The Kier molecular flexibility index (Phi) is 3.84. The average molecular weight is 329 g/mol. The number of aryl methyl sites for hydroxylation is 3. The van der Waals surface area contributed by atoms with Gasteiger partial charge in [-0.05, 0) is 50.6 Å². The van der Waals surface area contributed by atoms with E-state index in [1.807, 2.05) is 13.0 Å². The summed E-state index contributed by atoms with van der Waals surface area (Å²) in [6.45, 7) is 5.42. The molecular weight excluding hydrogens is 313 g/mol. The monoisotopic (exact) mass is 329 g/mol. The molecule has 0 aliphatic carbocycles. The van der Waals surface area contributed by atoms with Crippen LogP contribution in [-0.2, 0) is 0 Å². The molecule has 2 aromatic heterocycles. The number of hydrogen-bond donors (Lipinski definition) is 2. The van der Waals surface area contributed by atoms with Crippen molar-refractivity contribution in [2.75, 3.05) is 0 Å². The predicted molar refractivity (Wildman–Crippen MR) is 86.5 cm³/mol. The van der Waals surface area contributed by atoms with Crippen molar-refractivity contribution in [3.05, 3.63) is 52.8 Å². The van der Waals surface area contributed by atoms with Gasteiger partial charge in [0.1, 0.15) is 11.4 Å². The van der Waals surface area contributed by atoms with Gasteiger partial charge in [0.25, 0.3) is 0 Å². The minimum Gasteiger partial charge on any atom is -0.505 e. The van der Waals surface area contributed by atoms with Crippen molar-refractivity contribution in [2.45, 2.75) is 20.8 Å². The van der Waals surface area contributed by atoms with Crippen LogP contribution >= 0.6 is 0 Å². The number of halogens is 1. The molecule has 24 heavy (non-hydrogen) atoms. The molecular formula is C17H16FN3O3. The number of benzene rings is 1. The lowest BCUT2D eigenvalue weighted by Crippen LogP contribution is -2.05. The minimum absolute atomic E-state index is 0.414. The van der Waals surface area contributed by atoms with Crippen molar-refractivity contribution in [3.63, 3.8) is 0 Å². The summed E-state index contributed by atoms with van der Waals surface area (Å²) in [5.41, 5.74) is 4.02. The molecule has 0 aliphatic rings. The second-order valence-corrected chi connectivity index (χ2v) is 5.52. The number of rotatable bonds is 3. The van der Waals surface area contributed by atoms with E-state index in [1.54, 1.807) is 24.5 Å². The first-order chi connectivity index (χ1) is 11.4. The minimum atomic E-state index is -0.714. The Bertz CT molecular complexity index is 921. The molecule has 0 fully saturated rings. The highest BCUT2D eigenvalue weighted by Crippen LogP contribution is 2.33. The summed E-state index contributed by atoms with van der Waals surface area (Å²) in [6, 6.07) is 6.00. The first-order valence-corrected chi connectivity index (χ1v) is 7.26. The Balaban J connectivity index is 2.35. The molecule has 0 bridgehead atoms. The molecule has 0 atom stereocenters. The Hall–Kier alpha value is -3.09. The summed E-state index contributed by atoms with van der Waals surface area (Å²) in [4.78, 5) is 0. The maximum absolute atomic E-state index is 13.8. The number of nitrogens with zero attached hydrogens (tertiary/aromatic N) is 3. The number of hydrogen-bond acceptors (Lipinski definition) is 5. The second-order valence-electron chi connectivity index (χ2n) is 5.52. The topological polar surface area (TPSA) is 83.8 Å². The third kappa shape index (κ3) is 2.44. The van der Waals surface area contributed by atoms with Crippen molar-refractivity contribution < 1.29 is 19.2 Å². The fourth-order valence-corrected chi connectivity index (χ4v) is 2.78. The predicted octanol–water partition coefficient (Wildman–Crippen LogP) is 3.71. The molecule has 1 aromatic carbocycles. The number of phenols is 1. The third-order valence-corrected chi connectivity index (χ3v) is 3.88. The maximum Gasteiger partial charge on any atom is 0.165 e. The molecule has 2 heterocycles. The van der Waals surface area contributed by atoms with Crippen LogP contribution in [0, 0.1) is 26.6 Å². The lowest BCUT2D eigenvalue weighted by Gasteiger charge is -2.12. The van der Waals surface area contributed by atoms with E-state index in [1.165, 1.54) is 18.3 Å². The third-order valence-electron chi connectivity index (χ3n) is 3.88. The Morgan fingerprint density at radius 2 is 2.00 bits per heavy atom. The first-order valence-electron chi connectivity index (χ1n) is 7.26. The molecule has 124 valence electrons. The average Bonchev–Trinajstić information content (AvgIpc) is 3.03. The lowest BCUT2D eigenvalue weighted by molar-refractivity contribution is 0.321. The van der Waals surface area contributed by atoms with E-state index in [2.05, 4.69) is 10.3 Å². The summed E-state index contributed by atoms with van der Waals surface area (Å²) in [7, 11) is 0. The van der Waals surface area contributed by atoms with Gasteiger partial charge in [0, 0.05) is 5.56 Å². The summed E-state index contributed by atoms with van der Waals surface area (Å²) >= 11 is 0. The van der Waals surface area contributed by atoms with Crippen molar-refractivity contribution >= 4 is 6.21 Å². The van der Waals surface area contributed by atoms with Crippen molar-refractivity contribution in [1.82, 2.24) is 9.72 Å². The molecule has 0 saturated heterocycles. The largest absolute Gasteiger partial charge is 0.505 e. The van der Waals surface area contributed by atoms with E-state index in [0.29, 0.717) is 34.1 Å². The Labute approximate surface area is 137 Å². The van der Waals surface area contributed by atoms with E-state index >= 15 is 0 Å². The number of aromatic nitrogens is 2. The molecule has 7 heteroatoms. The number of oxime groups is 1. The molecule has 3 rings (SSSR count). The quantitative estimate of drug-likeness (QED) is 0.436. The van der Waals surface area contributed by atoms with Crippen molar-refractivity contribution in [3.8, 4) is 22.7 Å². The van der Waals surface area contributed by atoms with Gasteiger partial charge in [0.05, 0.1) is 17.6 Å². The number of phenolic OH excluding ortho intramolecular Hbond substituents is 1. The van der Waals surface area contributed by atoms with Crippen LogP contribution < -0.4 is 0 Å². The molecule has 0 aliphatic heterocycles. The first kappa shape index (κ1) is 15.8. The summed E-state index contributed by atoms with van der Waals surface area (Å²) in [6.07, 6.45) is 1.31. The van der Waals surface area contributed by atoms with Crippen LogP contribution in [0.5, 0.6) is 5.75 Å². The SMILES string of the molecule is Cc1cc(-c2ccc(O)c(F)c2)n(-c2c(C)noc2C)c1C=NO. The van der Waals surface area contributed by atoms with Gasteiger partial charge in [0.15, 0.2) is 17.3 Å². The van der Waals surface area contributed by atoms with Gasteiger partial charge in [-0.15, -0.1) is 0 Å². The zero-order chi connectivity index (χ0) is 17.4. The highest BCUT2D eigenvalue weighted by atomic mass is 19.1. The zero-order valence-corrected chi connectivity index (χ0v) is 13.4. The van der Waals surface area contributed by atoms with Gasteiger partial charge in [-0.2, -0.15) is 0 Å². The Morgan fingerprint density at radius 3 is 2.58 bits per heavy atom.